The Morgan fingerprint density at radius 2 is 0.917 bits per heavy atom. The Labute approximate surface area is 97.3 Å². The van der Waals surface area contributed by atoms with E-state index in [1.165, 1.54) is 0 Å². The van der Waals surface area contributed by atoms with Crippen LogP contribution in [0.5, 0.6) is 0 Å². The molecule has 1 nitrogen and oxygen atoms in total. The van der Waals surface area contributed by atoms with Gasteiger partial charge in [-0.15, -0.1) is 15.8 Å². The van der Waals surface area contributed by atoms with Crippen molar-refractivity contribution in [3.8, 4) is 0 Å². The maximum absolute atomic E-state index is 8.45. The average molecular weight is 319 g/mol. The largest absolute Gasteiger partial charge is 0.525 e. The molecule has 0 rings (SSSR count). The second kappa shape index (κ2) is 22.9. The molecule has 0 fully saturated rings. The predicted octanol–water partition coefficient (Wildman–Crippen LogP) is 3.01. The van der Waals surface area contributed by atoms with E-state index in [-0.39, 0.29) is 19.5 Å². The molecule has 0 aromatic rings. The van der Waals surface area contributed by atoms with Gasteiger partial charge in [-0.05, 0) is 40.0 Å². The molecule has 0 saturated heterocycles. The molecule has 5 heteroatoms. The van der Waals surface area contributed by atoms with Gasteiger partial charge in [0.1, 0.15) is 0 Å². The van der Waals surface area contributed by atoms with Crippen molar-refractivity contribution in [2.45, 2.75) is 0 Å². The molecule has 0 saturated carbocycles. The van der Waals surface area contributed by atoms with Crippen LogP contribution >= 0.6 is 27.4 Å². The minimum Gasteiger partial charge on any atom is -0.525 e. The third kappa shape index (κ3) is 599. The normalized spacial score (nSPS) is 7.08. The Morgan fingerprint density at radius 3 is 0.917 bits per heavy atom. The van der Waals surface area contributed by atoms with Gasteiger partial charge >= 0.3 is 0 Å². The van der Waals surface area contributed by atoms with E-state index in [1.807, 2.05) is 0 Å². The van der Waals surface area contributed by atoms with Gasteiger partial charge in [0.15, 0.2) is 0 Å². The van der Waals surface area contributed by atoms with E-state index in [2.05, 4.69) is 51.6 Å². The summed E-state index contributed by atoms with van der Waals surface area (Å²) in [4.78, 5) is 8.45. The molecule has 79 valence electrons. The quantitative estimate of drug-likeness (QED) is 0.290. The van der Waals surface area contributed by atoms with Crippen LogP contribution in [0.2, 0.25) is 0 Å². The van der Waals surface area contributed by atoms with Crippen molar-refractivity contribution in [2.24, 2.45) is 0 Å². The Hall–Kier alpha value is 1.44. The number of carbonyl (C=O) groups excluding carboxylic acids is 1. The van der Waals surface area contributed by atoms with Gasteiger partial charge in [0, 0.05) is 19.5 Å². The van der Waals surface area contributed by atoms with Crippen molar-refractivity contribution >= 4 is 33.2 Å². The van der Waals surface area contributed by atoms with Crippen molar-refractivity contribution in [2.75, 3.05) is 40.0 Å². The van der Waals surface area contributed by atoms with Crippen molar-refractivity contribution in [3.05, 3.63) is 0 Å². The van der Waals surface area contributed by atoms with Crippen LogP contribution in [0.3, 0.4) is 0 Å². The molecule has 0 aromatic carbocycles. The molecular weight excluding hydrogens is 300 g/mol. The summed E-state index contributed by atoms with van der Waals surface area (Å²) in [5.74, 6) is 0.972. The van der Waals surface area contributed by atoms with Gasteiger partial charge in [0.2, 0.25) is 0 Å². The summed E-state index contributed by atoms with van der Waals surface area (Å²) in [6.45, 7) is 13.4. The summed E-state index contributed by atoms with van der Waals surface area (Å²) in [5.41, 5.74) is 0. The Balaban J connectivity index is -0.0000000389. The molecule has 0 bridgehead atoms. The van der Waals surface area contributed by atoms with Crippen molar-refractivity contribution in [1.29, 1.82) is 0 Å². The molecule has 0 spiro atoms. The first-order valence-electron chi connectivity index (χ1n) is 3.08. The molecule has 0 unspecified atom stereocenters. The van der Waals surface area contributed by atoms with Gasteiger partial charge in [-0.2, -0.15) is 5.75 Å². The van der Waals surface area contributed by atoms with Crippen LogP contribution < -0.4 is 0 Å². The fraction of sp³-hybridized carbons (Fsp3) is 0.857. The fourth-order valence-corrected chi connectivity index (χ4v) is 0. The van der Waals surface area contributed by atoms with Crippen LogP contribution in [0.4, 0.5) is 0 Å². The van der Waals surface area contributed by atoms with Gasteiger partial charge in [0.25, 0.3) is 0 Å². The second-order valence-electron chi connectivity index (χ2n) is 2.76. The molecule has 0 aliphatic carbocycles. The molecule has 0 atom stereocenters. The SMILES string of the molecule is CP(C)C.CP(C)C.O=[C-]Cl.[Rh]. The number of rotatable bonds is 0. The molecule has 0 N–H and O–H groups in total. The van der Waals surface area contributed by atoms with Gasteiger partial charge < -0.3 is 16.4 Å². The van der Waals surface area contributed by atoms with Crippen LogP contribution in [0, 0.1) is 0 Å². The zero-order chi connectivity index (χ0) is 9.86. The maximum Gasteiger partial charge on any atom is 0 e. The molecule has 12 heavy (non-hydrogen) atoms. The average Bonchev–Trinajstić information content (AvgIpc) is 1.60. The molecule has 0 heterocycles. The predicted molar refractivity (Wildman–Crippen MR) is 60.9 cm³/mol. The van der Waals surface area contributed by atoms with Crippen LogP contribution in [0.1, 0.15) is 0 Å². The minimum absolute atomic E-state index is 0. The van der Waals surface area contributed by atoms with Crippen molar-refractivity contribution in [3.63, 3.8) is 0 Å². The van der Waals surface area contributed by atoms with E-state index in [1.54, 1.807) is 0 Å². The first-order chi connectivity index (χ1) is 4.88. The maximum atomic E-state index is 8.45. The summed E-state index contributed by atoms with van der Waals surface area (Å²) in [5, 5.41) is 0. The zero-order valence-corrected chi connectivity index (χ0v) is 12.7. The van der Waals surface area contributed by atoms with Crippen LogP contribution in [-0.4, -0.2) is 45.7 Å². The summed E-state index contributed by atoms with van der Waals surface area (Å²) in [6, 6.07) is 0. The molecule has 0 aliphatic heterocycles. The van der Waals surface area contributed by atoms with Gasteiger partial charge in [-0.1, -0.05) is 0 Å². The first kappa shape index (κ1) is 23.3. The standard InChI is InChI=1S/2C3H9P.CClO.Rh/c2*1-4(2)3;2-1-3;/h2*1-3H3;;/q;;-1;. The Bertz CT molecular complexity index is 60.9. The van der Waals surface area contributed by atoms with E-state index in [4.69, 9.17) is 4.79 Å². The third-order valence-electron chi connectivity index (χ3n) is 0. The minimum atomic E-state index is 0. The fourth-order valence-electron chi connectivity index (χ4n) is 0. The summed E-state index contributed by atoms with van der Waals surface area (Å²) >= 11 is 4.19. The van der Waals surface area contributed by atoms with Crippen molar-refractivity contribution in [1.82, 2.24) is 0 Å². The van der Waals surface area contributed by atoms with E-state index in [0.29, 0.717) is 15.8 Å². The number of hydrogen-bond donors (Lipinski definition) is 0. The summed E-state index contributed by atoms with van der Waals surface area (Å²) in [6.07, 6.45) is 0. The van der Waals surface area contributed by atoms with E-state index in [9.17, 15) is 0 Å². The Morgan fingerprint density at radius 1 is 0.917 bits per heavy atom. The third-order valence-corrected chi connectivity index (χ3v) is 0. The summed E-state index contributed by atoms with van der Waals surface area (Å²) in [7, 11) is 0.759. The van der Waals surface area contributed by atoms with Gasteiger partial charge in [0.05, 0.1) is 0 Å². The van der Waals surface area contributed by atoms with E-state index in [0.717, 1.165) is 5.75 Å². The smallest absolute Gasteiger partial charge is 0 e. The topological polar surface area (TPSA) is 17.1 Å². The van der Waals surface area contributed by atoms with Gasteiger partial charge in [-0.3, -0.25) is 0 Å². The van der Waals surface area contributed by atoms with Crippen LogP contribution in [-0.2, 0) is 24.3 Å². The summed E-state index contributed by atoms with van der Waals surface area (Å²) < 4.78 is 0. The Kier molecular flexibility index (Phi) is 44.5. The first-order valence-corrected chi connectivity index (χ1v) is 8.82. The van der Waals surface area contributed by atoms with E-state index >= 15 is 0 Å². The zero-order valence-electron chi connectivity index (χ0n) is 8.51. The molecular formula is C7H18ClOP2Rh-. The van der Waals surface area contributed by atoms with E-state index < -0.39 is 0 Å². The molecule has 0 aliphatic rings. The van der Waals surface area contributed by atoms with Gasteiger partial charge in [-0.25, -0.2) is 0 Å². The number of hydrogen-bond acceptors (Lipinski definition) is 1. The second-order valence-corrected chi connectivity index (χ2v) is 8.28. The monoisotopic (exact) mass is 318 g/mol. The molecule has 0 aromatic heterocycles. The van der Waals surface area contributed by atoms with Crippen molar-refractivity contribution < 1.29 is 24.3 Å². The van der Waals surface area contributed by atoms with Crippen LogP contribution in [0.25, 0.3) is 0 Å². The molecule has 0 amide bonds. The number of halogens is 1. The molecule has 1 radical (unpaired) electrons. The van der Waals surface area contributed by atoms with Crippen LogP contribution in [0.15, 0.2) is 0 Å².